The predicted molar refractivity (Wildman–Crippen MR) is 83.5 cm³/mol. The molecule has 0 unspecified atom stereocenters. The Kier molecular flexibility index (Phi) is 5.07. The molecule has 19 heavy (non-hydrogen) atoms. The number of halogens is 1. The van der Waals surface area contributed by atoms with Crippen molar-refractivity contribution >= 4 is 28.3 Å². The lowest BCUT2D eigenvalue weighted by Gasteiger charge is -2.33. The minimum absolute atomic E-state index is 0.0218. The molecule has 0 aliphatic heterocycles. The molecule has 0 spiro atoms. The van der Waals surface area contributed by atoms with Crippen LogP contribution in [0.3, 0.4) is 0 Å². The Morgan fingerprint density at radius 1 is 1.26 bits per heavy atom. The summed E-state index contributed by atoms with van der Waals surface area (Å²) in [5.74, 6) is 1.60. The predicted octanol–water partition coefficient (Wildman–Crippen LogP) is 4.21. The van der Waals surface area contributed by atoms with Crippen molar-refractivity contribution in [1.29, 1.82) is 0 Å². The van der Waals surface area contributed by atoms with E-state index >= 15 is 0 Å². The number of anilines is 1. The molecule has 2 rings (SSSR count). The molecule has 0 saturated heterocycles. The number of hydrogen-bond donors (Lipinski definition) is 0. The number of rotatable bonds is 4. The van der Waals surface area contributed by atoms with Gasteiger partial charge in [0.15, 0.2) is 0 Å². The van der Waals surface area contributed by atoms with Gasteiger partial charge in [0, 0.05) is 35.4 Å². The van der Waals surface area contributed by atoms with Gasteiger partial charge < -0.3 is 4.90 Å². The van der Waals surface area contributed by atoms with Crippen LogP contribution in [0.2, 0.25) is 0 Å². The number of hydrogen-bond acceptors (Lipinski definition) is 4. The van der Waals surface area contributed by atoms with Crippen molar-refractivity contribution in [3.05, 3.63) is 5.82 Å². The van der Waals surface area contributed by atoms with Crippen LogP contribution in [0.1, 0.15) is 58.7 Å². The van der Waals surface area contributed by atoms with E-state index in [0.29, 0.717) is 11.9 Å². The van der Waals surface area contributed by atoms with Crippen molar-refractivity contribution in [2.45, 2.75) is 64.3 Å². The van der Waals surface area contributed by atoms with Gasteiger partial charge in [0.25, 0.3) is 0 Å². The molecule has 1 fully saturated rings. The maximum Gasteiger partial charge on any atom is 0.205 e. The second kappa shape index (κ2) is 6.40. The quantitative estimate of drug-likeness (QED) is 0.780. The normalized spacial score (nSPS) is 17.7. The Morgan fingerprint density at radius 3 is 2.47 bits per heavy atom. The van der Waals surface area contributed by atoms with Crippen molar-refractivity contribution in [2.24, 2.45) is 0 Å². The van der Waals surface area contributed by atoms with E-state index < -0.39 is 0 Å². The highest BCUT2D eigenvalue weighted by Gasteiger charge is 2.26. The van der Waals surface area contributed by atoms with Crippen LogP contribution < -0.4 is 4.90 Å². The Morgan fingerprint density at radius 2 is 1.95 bits per heavy atom. The van der Waals surface area contributed by atoms with E-state index in [4.69, 9.17) is 16.6 Å². The zero-order valence-corrected chi connectivity index (χ0v) is 13.7. The fourth-order valence-corrected chi connectivity index (χ4v) is 3.69. The fourth-order valence-electron chi connectivity index (χ4n) is 2.55. The van der Waals surface area contributed by atoms with Gasteiger partial charge in [-0.25, -0.2) is 4.98 Å². The van der Waals surface area contributed by atoms with Gasteiger partial charge in [-0.15, -0.1) is 11.6 Å². The van der Waals surface area contributed by atoms with Crippen molar-refractivity contribution in [3.8, 4) is 0 Å². The molecular weight excluding hydrogens is 278 g/mol. The van der Waals surface area contributed by atoms with Gasteiger partial charge in [0.1, 0.15) is 5.82 Å². The van der Waals surface area contributed by atoms with Gasteiger partial charge in [0.2, 0.25) is 5.13 Å². The van der Waals surface area contributed by atoms with Crippen LogP contribution in [-0.4, -0.2) is 27.8 Å². The highest BCUT2D eigenvalue weighted by atomic mass is 35.5. The molecule has 0 N–H and O–H groups in total. The van der Waals surface area contributed by atoms with Crippen LogP contribution in [0.5, 0.6) is 0 Å². The molecule has 1 aromatic rings. The van der Waals surface area contributed by atoms with E-state index in [1.54, 1.807) is 0 Å². The van der Waals surface area contributed by atoms with Crippen molar-refractivity contribution in [1.82, 2.24) is 9.36 Å². The van der Waals surface area contributed by atoms with Crippen LogP contribution in [0.25, 0.3) is 0 Å². The first kappa shape index (κ1) is 15.0. The Labute approximate surface area is 125 Å². The Balaban J connectivity index is 2.16. The molecule has 5 heteroatoms. The van der Waals surface area contributed by atoms with Gasteiger partial charge in [-0.1, -0.05) is 40.0 Å². The standard InChI is InChI=1S/C14H24ClN3S/c1-14(2,3)12-16-13(19-17-12)18(10-9-15)11-7-5-4-6-8-11/h11H,4-10H2,1-3H3. The molecule has 0 amide bonds. The SMILES string of the molecule is CC(C)(C)c1nsc(N(CCCl)C2CCCCC2)n1. The van der Waals surface area contributed by atoms with E-state index in [-0.39, 0.29) is 5.41 Å². The first-order chi connectivity index (χ1) is 9.02. The van der Waals surface area contributed by atoms with Gasteiger partial charge in [-0.3, -0.25) is 0 Å². The highest BCUT2D eigenvalue weighted by Crippen LogP contribution is 2.30. The summed E-state index contributed by atoms with van der Waals surface area (Å²) in [5.41, 5.74) is 0.0218. The topological polar surface area (TPSA) is 29.0 Å². The molecule has 3 nitrogen and oxygen atoms in total. The van der Waals surface area contributed by atoms with Crippen LogP contribution in [-0.2, 0) is 5.41 Å². The lowest BCUT2D eigenvalue weighted by Crippen LogP contribution is -2.38. The third-order valence-electron chi connectivity index (χ3n) is 3.67. The summed E-state index contributed by atoms with van der Waals surface area (Å²) in [6.45, 7) is 7.35. The van der Waals surface area contributed by atoms with E-state index in [1.165, 1.54) is 43.6 Å². The molecule has 0 atom stereocenters. The summed E-state index contributed by atoms with van der Waals surface area (Å²) in [7, 11) is 0. The molecule has 1 heterocycles. The molecule has 0 radical (unpaired) electrons. The molecule has 1 aliphatic carbocycles. The lowest BCUT2D eigenvalue weighted by molar-refractivity contribution is 0.417. The van der Waals surface area contributed by atoms with Crippen molar-refractivity contribution in [2.75, 3.05) is 17.3 Å². The van der Waals surface area contributed by atoms with Crippen LogP contribution in [0, 0.1) is 0 Å². The smallest absolute Gasteiger partial charge is 0.205 e. The average Bonchev–Trinajstić information content (AvgIpc) is 2.86. The highest BCUT2D eigenvalue weighted by molar-refractivity contribution is 7.09. The van der Waals surface area contributed by atoms with Crippen LogP contribution in [0.4, 0.5) is 5.13 Å². The van der Waals surface area contributed by atoms with E-state index in [1.807, 2.05) is 0 Å². The summed E-state index contributed by atoms with van der Waals surface area (Å²) in [5, 5.41) is 1.05. The molecule has 1 saturated carbocycles. The van der Waals surface area contributed by atoms with E-state index in [0.717, 1.165) is 17.5 Å². The third-order valence-corrected chi connectivity index (χ3v) is 4.60. The maximum atomic E-state index is 5.98. The summed E-state index contributed by atoms with van der Waals surface area (Å²) in [6, 6.07) is 0.605. The van der Waals surface area contributed by atoms with E-state index in [9.17, 15) is 0 Å². The average molecular weight is 302 g/mol. The Hall–Kier alpha value is -0.350. The number of alkyl halides is 1. The first-order valence-corrected chi connectivity index (χ1v) is 8.50. The molecule has 1 aliphatic rings. The van der Waals surface area contributed by atoms with Gasteiger partial charge in [-0.2, -0.15) is 4.37 Å². The first-order valence-electron chi connectivity index (χ1n) is 7.19. The zero-order valence-electron chi connectivity index (χ0n) is 12.2. The largest absolute Gasteiger partial charge is 0.343 e. The summed E-state index contributed by atoms with van der Waals surface area (Å²) < 4.78 is 4.53. The third kappa shape index (κ3) is 3.82. The molecule has 0 aromatic carbocycles. The molecule has 108 valence electrons. The number of nitrogens with zero attached hydrogens (tertiary/aromatic N) is 3. The summed E-state index contributed by atoms with van der Waals surface area (Å²) in [6.07, 6.45) is 6.56. The van der Waals surface area contributed by atoms with Gasteiger partial charge in [0.05, 0.1) is 0 Å². The second-order valence-electron chi connectivity index (χ2n) is 6.32. The van der Waals surface area contributed by atoms with Crippen molar-refractivity contribution in [3.63, 3.8) is 0 Å². The van der Waals surface area contributed by atoms with Gasteiger partial charge in [-0.05, 0) is 12.8 Å². The second-order valence-corrected chi connectivity index (χ2v) is 7.43. The van der Waals surface area contributed by atoms with Crippen molar-refractivity contribution < 1.29 is 0 Å². The zero-order chi connectivity index (χ0) is 13.9. The minimum atomic E-state index is 0.0218. The summed E-state index contributed by atoms with van der Waals surface area (Å²) in [4.78, 5) is 7.14. The monoisotopic (exact) mass is 301 g/mol. The molecular formula is C14H24ClN3S. The summed E-state index contributed by atoms with van der Waals surface area (Å²) >= 11 is 7.50. The Bertz CT molecular complexity index is 394. The number of aromatic nitrogens is 2. The van der Waals surface area contributed by atoms with Gasteiger partial charge >= 0.3 is 0 Å². The van der Waals surface area contributed by atoms with Crippen LogP contribution in [0.15, 0.2) is 0 Å². The lowest BCUT2D eigenvalue weighted by atomic mass is 9.94. The maximum absolute atomic E-state index is 5.98. The van der Waals surface area contributed by atoms with Crippen LogP contribution >= 0.6 is 23.1 Å². The van der Waals surface area contributed by atoms with E-state index in [2.05, 4.69) is 30.0 Å². The minimum Gasteiger partial charge on any atom is -0.343 e. The fraction of sp³-hybridized carbons (Fsp3) is 0.857. The molecule has 1 aromatic heterocycles. The molecule has 0 bridgehead atoms.